The quantitative estimate of drug-likeness (QED) is 0.878. The molecule has 0 aliphatic heterocycles. The van der Waals surface area contributed by atoms with Crippen LogP contribution >= 0.6 is 15.9 Å². The third kappa shape index (κ3) is 4.44. The summed E-state index contributed by atoms with van der Waals surface area (Å²) in [6.45, 7) is 2.04. The van der Waals surface area contributed by atoms with E-state index < -0.39 is 6.04 Å². The molecule has 0 aliphatic rings. The molecule has 0 bridgehead atoms. The van der Waals surface area contributed by atoms with E-state index in [9.17, 15) is 9.18 Å². The minimum atomic E-state index is -0.515. The van der Waals surface area contributed by atoms with Crippen molar-refractivity contribution in [2.75, 3.05) is 5.32 Å². The van der Waals surface area contributed by atoms with Crippen LogP contribution in [-0.2, 0) is 4.79 Å². The summed E-state index contributed by atoms with van der Waals surface area (Å²) in [6.07, 6.45) is 2.58. The Morgan fingerprint density at radius 1 is 1.59 bits per heavy atom. The number of carbonyl (C=O) groups excluding carboxylic acids is 1. The van der Waals surface area contributed by atoms with E-state index in [0.29, 0.717) is 16.6 Å². The van der Waals surface area contributed by atoms with Crippen LogP contribution < -0.4 is 11.1 Å². The maximum Gasteiger partial charge on any atom is 0.241 e. The number of nitrogens with one attached hydrogen (secondary N) is 1. The molecule has 5 heteroatoms. The van der Waals surface area contributed by atoms with E-state index >= 15 is 0 Å². The zero-order chi connectivity index (χ0) is 12.8. The first-order chi connectivity index (χ1) is 8.04. The number of anilines is 1. The van der Waals surface area contributed by atoms with Gasteiger partial charge in [0.05, 0.1) is 10.5 Å². The van der Waals surface area contributed by atoms with Crippen molar-refractivity contribution in [3.8, 4) is 0 Å². The largest absolute Gasteiger partial charge is 0.325 e. The molecule has 0 saturated carbocycles. The third-order valence-corrected chi connectivity index (χ3v) is 3.00. The van der Waals surface area contributed by atoms with Gasteiger partial charge in [0.25, 0.3) is 0 Å². The predicted molar refractivity (Wildman–Crippen MR) is 70.2 cm³/mol. The topological polar surface area (TPSA) is 55.1 Å². The van der Waals surface area contributed by atoms with Crippen LogP contribution in [0.5, 0.6) is 0 Å². The third-order valence-electron chi connectivity index (χ3n) is 2.39. The molecule has 3 N–H and O–H groups in total. The van der Waals surface area contributed by atoms with Crippen LogP contribution in [0, 0.1) is 5.82 Å². The summed E-state index contributed by atoms with van der Waals surface area (Å²) in [6, 6.07) is 3.79. The minimum Gasteiger partial charge on any atom is -0.325 e. The fraction of sp³-hybridized carbons (Fsp3) is 0.417. The van der Waals surface area contributed by atoms with Gasteiger partial charge in [-0.15, -0.1) is 0 Å². The van der Waals surface area contributed by atoms with Gasteiger partial charge in [-0.2, -0.15) is 0 Å². The molecular formula is C12H16BrFN2O. The molecule has 1 unspecified atom stereocenters. The number of amides is 1. The summed E-state index contributed by atoms with van der Waals surface area (Å²) in [5, 5.41) is 2.66. The van der Waals surface area contributed by atoms with E-state index in [2.05, 4.69) is 21.2 Å². The van der Waals surface area contributed by atoms with Crippen molar-refractivity contribution in [1.29, 1.82) is 0 Å². The monoisotopic (exact) mass is 302 g/mol. The lowest BCUT2D eigenvalue weighted by Crippen LogP contribution is -2.35. The number of unbranched alkanes of at least 4 members (excludes halogenated alkanes) is 1. The molecule has 17 heavy (non-hydrogen) atoms. The van der Waals surface area contributed by atoms with Crippen LogP contribution in [0.1, 0.15) is 26.2 Å². The molecule has 1 amide bonds. The lowest BCUT2D eigenvalue weighted by Gasteiger charge is -2.12. The molecule has 1 aromatic carbocycles. The van der Waals surface area contributed by atoms with Crippen LogP contribution in [0.4, 0.5) is 10.1 Å². The molecule has 1 atom stereocenters. The Hall–Kier alpha value is -0.940. The van der Waals surface area contributed by atoms with Gasteiger partial charge in [0.15, 0.2) is 0 Å². The number of halogens is 2. The van der Waals surface area contributed by atoms with Crippen molar-refractivity contribution in [1.82, 2.24) is 0 Å². The van der Waals surface area contributed by atoms with Crippen LogP contribution in [0.15, 0.2) is 22.7 Å². The SMILES string of the molecule is CCCCC(N)C(=O)Nc1ccc(F)c(Br)c1. The van der Waals surface area contributed by atoms with Crippen LogP contribution in [-0.4, -0.2) is 11.9 Å². The first-order valence-electron chi connectivity index (χ1n) is 5.56. The second-order valence-electron chi connectivity index (χ2n) is 3.87. The number of carbonyl (C=O) groups is 1. The highest BCUT2D eigenvalue weighted by Gasteiger charge is 2.13. The first kappa shape index (κ1) is 14.1. The van der Waals surface area contributed by atoms with Crippen molar-refractivity contribution < 1.29 is 9.18 Å². The zero-order valence-electron chi connectivity index (χ0n) is 9.67. The highest BCUT2D eigenvalue weighted by atomic mass is 79.9. The number of benzene rings is 1. The maximum atomic E-state index is 13.0. The summed E-state index contributed by atoms with van der Waals surface area (Å²) in [5.41, 5.74) is 6.26. The predicted octanol–water partition coefficient (Wildman–Crippen LogP) is 3.04. The van der Waals surface area contributed by atoms with E-state index in [1.807, 2.05) is 6.92 Å². The average molecular weight is 303 g/mol. The Morgan fingerprint density at radius 3 is 2.88 bits per heavy atom. The molecule has 1 rings (SSSR count). The Kier molecular flexibility index (Phi) is 5.58. The first-order valence-corrected chi connectivity index (χ1v) is 6.35. The molecule has 1 aromatic rings. The van der Waals surface area contributed by atoms with E-state index in [1.165, 1.54) is 18.2 Å². The van der Waals surface area contributed by atoms with Crippen LogP contribution in [0.2, 0.25) is 0 Å². The van der Waals surface area contributed by atoms with E-state index in [1.54, 1.807) is 0 Å². The normalized spacial score (nSPS) is 12.2. The van der Waals surface area contributed by atoms with Crippen molar-refractivity contribution in [2.24, 2.45) is 5.73 Å². The summed E-state index contributed by atoms with van der Waals surface area (Å²) in [5.74, 6) is -0.602. The molecule has 0 saturated heterocycles. The van der Waals surface area contributed by atoms with Crippen LogP contribution in [0.3, 0.4) is 0 Å². The van der Waals surface area contributed by atoms with E-state index in [-0.39, 0.29) is 11.7 Å². The van der Waals surface area contributed by atoms with Gasteiger partial charge in [-0.1, -0.05) is 19.8 Å². The molecule has 3 nitrogen and oxygen atoms in total. The molecule has 0 heterocycles. The van der Waals surface area contributed by atoms with Crippen molar-refractivity contribution in [3.05, 3.63) is 28.5 Å². The van der Waals surface area contributed by atoms with Gasteiger partial charge in [0, 0.05) is 5.69 Å². The Balaban J connectivity index is 2.58. The number of rotatable bonds is 5. The maximum absolute atomic E-state index is 13.0. The van der Waals surface area contributed by atoms with Crippen molar-refractivity contribution >= 4 is 27.5 Å². The van der Waals surface area contributed by atoms with E-state index in [0.717, 1.165) is 12.8 Å². The second kappa shape index (κ2) is 6.71. The molecular weight excluding hydrogens is 287 g/mol. The van der Waals surface area contributed by atoms with Gasteiger partial charge in [-0.3, -0.25) is 4.79 Å². The lowest BCUT2D eigenvalue weighted by molar-refractivity contribution is -0.117. The van der Waals surface area contributed by atoms with Crippen molar-refractivity contribution in [2.45, 2.75) is 32.2 Å². The van der Waals surface area contributed by atoms with E-state index in [4.69, 9.17) is 5.73 Å². The lowest BCUT2D eigenvalue weighted by atomic mass is 10.1. The smallest absolute Gasteiger partial charge is 0.241 e. The number of hydrogen-bond acceptors (Lipinski definition) is 2. The number of hydrogen-bond donors (Lipinski definition) is 2. The highest BCUT2D eigenvalue weighted by molar-refractivity contribution is 9.10. The fourth-order valence-electron chi connectivity index (χ4n) is 1.36. The Morgan fingerprint density at radius 2 is 2.29 bits per heavy atom. The summed E-state index contributed by atoms with van der Waals surface area (Å²) >= 11 is 3.06. The van der Waals surface area contributed by atoms with Gasteiger partial charge >= 0.3 is 0 Å². The van der Waals surface area contributed by atoms with Gasteiger partial charge in [0.2, 0.25) is 5.91 Å². The van der Waals surface area contributed by atoms with Gasteiger partial charge in [-0.25, -0.2) is 4.39 Å². The Labute approximate surface area is 109 Å². The molecule has 0 aliphatic carbocycles. The molecule has 0 radical (unpaired) electrons. The molecule has 0 aromatic heterocycles. The van der Waals surface area contributed by atoms with Gasteiger partial charge in [-0.05, 0) is 40.5 Å². The van der Waals surface area contributed by atoms with Gasteiger partial charge < -0.3 is 11.1 Å². The van der Waals surface area contributed by atoms with Gasteiger partial charge in [0.1, 0.15) is 5.82 Å². The fourth-order valence-corrected chi connectivity index (χ4v) is 1.74. The minimum absolute atomic E-state index is 0.239. The summed E-state index contributed by atoms with van der Waals surface area (Å²) < 4.78 is 13.3. The summed E-state index contributed by atoms with van der Waals surface area (Å²) in [7, 11) is 0. The van der Waals surface area contributed by atoms with Crippen LogP contribution in [0.25, 0.3) is 0 Å². The average Bonchev–Trinajstić information content (AvgIpc) is 2.30. The zero-order valence-corrected chi connectivity index (χ0v) is 11.3. The molecule has 0 spiro atoms. The van der Waals surface area contributed by atoms with Crippen molar-refractivity contribution in [3.63, 3.8) is 0 Å². The molecule has 0 fully saturated rings. The highest BCUT2D eigenvalue weighted by Crippen LogP contribution is 2.20. The summed E-state index contributed by atoms with van der Waals surface area (Å²) in [4.78, 5) is 11.7. The number of nitrogens with two attached hydrogens (primary N) is 1. The standard InChI is InChI=1S/C12H16BrFN2O/c1-2-3-4-11(15)12(17)16-8-5-6-10(14)9(13)7-8/h5-7,11H,2-4,15H2,1H3,(H,16,17). The Bertz CT molecular complexity index is 398. The second-order valence-corrected chi connectivity index (χ2v) is 4.72. The molecule has 94 valence electrons.